The van der Waals surface area contributed by atoms with Crippen molar-refractivity contribution in [1.82, 2.24) is 4.90 Å². The first-order valence-electron chi connectivity index (χ1n) is 9.25. The molecule has 0 aliphatic carbocycles. The maximum atomic E-state index is 13.1. The number of amides is 1. The van der Waals surface area contributed by atoms with Gasteiger partial charge >= 0.3 is 10.1 Å². The van der Waals surface area contributed by atoms with E-state index < -0.39 is 10.1 Å². The van der Waals surface area contributed by atoms with Crippen LogP contribution in [0.25, 0.3) is 0 Å². The van der Waals surface area contributed by atoms with E-state index in [-0.39, 0.29) is 23.5 Å². The summed E-state index contributed by atoms with van der Waals surface area (Å²) in [4.78, 5) is 14.9. The van der Waals surface area contributed by atoms with Gasteiger partial charge in [0.25, 0.3) is 5.91 Å². The molecule has 0 aliphatic rings. The lowest BCUT2D eigenvalue weighted by atomic mass is 10.1. The molecule has 0 spiro atoms. The van der Waals surface area contributed by atoms with Crippen LogP contribution in [0.3, 0.4) is 0 Å². The third kappa shape index (κ3) is 5.73. The minimum absolute atomic E-state index is 0.0371. The molecule has 7 heteroatoms. The fraction of sp³-hybridized carbons (Fsp3) is 0.381. The molecule has 0 bridgehead atoms. The van der Waals surface area contributed by atoms with Crippen molar-refractivity contribution in [1.29, 1.82) is 0 Å². The zero-order valence-corrected chi connectivity index (χ0v) is 17.5. The van der Waals surface area contributed by atoms with Crippen molar-refractivity contribution < 1.29 is 22.1 Å². The lowest BCUT2D eigenvalue weighted by molar-refractivity contribution is 0.0671. The number of hydrogen-bond acceptors (Lipinski definition) is 5. The molecule has 2 aromatic carbocycles. The first-order chi connectivity index (χ1) is 13.3. The first kappa shape index (κ1) is 21.8. The number of rotatable bonds is 9. The van der Waals surface area contributed by atoms with Gasteiger partial charge in [0, 0.05) is 18.2 Å². The Labute approximate surface area is 167 Å². The summed E-state index contributed by atoms with van der Waals surface area (Å²) >= 11 is 0. The number of hydrogen-bond donors (Lipinski definition) is 0. The van der Waals surface area contributed by atoms with Crippen LogP contribution in [-0.2, 0) is 16.7 Å². The summed E-state index contributed by atoms with van der Waals surface area (Å²) in [5.74, 6) is 0.724. The van der Waals surface area contributed by atoms with Crippen LogP contribution in [0.1, 0.15) is 43.1 Å². The predicted molar refractivity (Wildman–Crippen MR) is 109 cm³/mol. The molecule has 0 N–H and O–H groups in total. The number of nitrogens with zero attached hydrogens (tertiary/aromatic N) is 1. The Bertz CT molecular complexity index is 893. The molecule has 2 aromatic rings. The van der Waals surface area contributed by atoms with Crippen molar-refractivity contribution >= 4 is 16.0 Å². The van der Waals surface area contributed by atoms with Crippen molar-refractivity contribution in [3.8, 4) is 11.5 Å². The van der Waals surface area contributed by atoms with Crippen LogP contribution in [0.15, 0.2) is 48.5 Å². The molecular formula is C21H27NO5S. The van der Waals surface area contributed by atoms with Crippen LogP contribution < -0.4 is 8.92 Å². The summed E-state index contributed by atoms with van der Waals surface area (Å²) in [7, 11) is -1.99. The zero-order chi connectivity index (χ0) is 20.7. The SMILES string of the molecule is CCC(C)N(Cc1ccc(OS(=O)(=O)CC)cc1)C(=O)c1cccc(OC)c1. The summed E-state index contributed by atoms with van der Waals surface area (Å²) < 4.78 is 33.4. The van der Waals surface area contributed by atoms with Crippen LogP contribution in [-0.4, -0.2) is 38.1 Å². The number of benzene rings is 2. The lowest BCUT2D eigenvalue weighted by Crippen LogP contribution is -2.37. The molecule has 6 nitrogen and oxygen atoms in total. The average molecular weight is 406 g/mol. The van der Waals surface area contributed by atoms with E-state index in [2.05, 4.69) is 0 Å². The second kappa shape index (κ2) is 9.59. The number of methoxy groups -OCH3 is 1. The molecule has 0 radical (unpaired) electrons. The van der Waals surface area contributed by atoms with E-state index >= 15 is 0 Å². The highest BCUT2D eigenvalue weighted by Gasteiger charge is 2.21. The van der Waals surface area contributed by atoms with Crippen LogP contribution in [0.4, 0.5) is 0 Å². The Morgan fingerprint density at radius 3 is 2.32 bits per heavy atom. The standard InChI is InChI=1S/C21H27NO5S/c1-5-16(3)22(21(23)18-8-7-9-20(14-18)26-4)15-17-10-12-19(13-11-17)27-28(24,25)6-2/h7-14,16H,5-6,15H2,1-4H3. The van der Waals surface area contributed by atoms with Gasteiger partial charge in [-0.15, -0.1) is 0 Å². The average Bonchev–Trinajstić information content (AvgIpc) is 2.72. The molecule has 0 heterocycles. The minimum Gasteiger partial charge on any atom is -0.497 e. The van der Waals surface area contributed by atoms with Gasteiger partial charge in [0.05, 0.1) is 12.9 Å². The third-order valence-corrected chi connectivity index (χ3v) is 5.71. The van der Waals surface area contributed by atoms with Gasteiger partial charge < -0.3 is 13.8 Å². The van der Waals surface area contributed by atoms with Crippen molar-refractivity contribution in [3.63, 3.8) is 0 Å². The van der Waals surface area contributed by atoms with Crippen LogP contribution in [0, 0.1) is 0 Å². The quantitative estimate of drug-likeness (QED) is 0.592. The molecule has 2 rings (SSSR count). The number of carbonyl (C=O) groups excluding carboxylic acids is 1. The second-order valence-electron chi connectivity index (χ2n) is 6.50. The summed E-state index contributed by atoms with van der Waals surface area (Å²) in [6.07, 6.45) is 0.811. The van der Waals surface area contributed by atoms with Crippen molar-refractivity contribution in [2.45, 2.75) is 39.8 Å². The Kier molecular flexibility index (Phi) is 7.45. The van der Waals surface area contributed by atoms with E-state index in [4.69, 9.17) is 8.92 Å². The van der Waals surface area contributed by atoms with Crippen LogP contribution in [0.2, 0.25) is 0 Å². The minimum atomic E-state index is -3.56. The van der Waals surface area contributed by atoms with Gasteiger partial charge in [-0.25, -0.2) is 0 Å². The van der Waals surface area contributed by atoms with Crippen molar-refractivity contribution in [3.05, 3.63) is 59.7 Å². The molecule has 28 heavy (non-hydrogen) atoms. The summed E-state index contributed by atoms with van der Waals surface area (Å²) in [6.45, 7) is 5.97. The van der Waals surface area contributed by atoms with Gasteiger partial charge in [0.1, 0.15) is 11.5 Å². The van der Waals surface area contributed by atoms with Gasteiger partial charge in [-0.3, -0.25) is 4.79 Å². The smallest absolute Gasteiger partial charge is 0.308 e. The molecule has 0 saturated carbocycles. The second-order valence-corrected chi connectivity index (χ2v) is 8.36. The third-order valence-electron chi connectivity index (χ3n) is 4.55. The van der Waals surface area contributed by atoms with E-state index in [1.165, 1.54) is 6.92 Å². The van der Waals surface area contributed by atoms with Gasteiger partial charge in [-0.1, -0.05) is 25.1 Å². The number of ether oxygens (including phenoxy) is 1. The molecule has 0 aromatic heterocycles. The fourth-order valence-electron chi connectivity index (χ4n) is 2.62. The maximum absolute atomic E-state index is 13.1. The number of carbonyl (C=O) groups is 1. The van der Waals surface area contributed by atoms with E-state index in [0.29, 0.717) is 17.9 Å². The Morgan fingerprint density at radius 2 is 1.75 bits per heavy atom. The fourth-order valence-corrected chi connectivity index (χ4v) is 3.14. The van der Waals surface area contributed by atoms with Gasteiger partial charge in [0.15, 0.2) is 0 Å². The summed E-state index contributed by atoms with van der Waals surface area (Å²) in [6, 6.07) is 13.9. The Morgan fingerprint density at radius 1 is 1.07 bits per heavy atom. The Balaban J connectivity index is 2.21. The molecule has 152 valence electrons. The molecule has 1 amide bonds. The highest BCUT2D eigenvalue weighted by Crippen LogP contribution is 2.21. The maximum Gasteiger partial charge on any atom is 0.308 e. The topological polar surface area (TPSA) is 72.9 Å². The summed E-state index contributed by atoms with van der Waals surface area (Å²) in [5.41, 5.74) is 1.45. The molecule has 0 aliphatic heterocycles. The highest BCUT2D eigenvalue weighted by atomic mass is 32.2. The van der Waals surface area contributed by atoms with Gasteiger partial charge in [-0.2, -0.15) is 8.42 Å². The lowest BCUT2D eigenvalue weighted by Gasteiger charge is -2.29. The van der Waals surface area contributed by atoms with Crippen LogP contribution >= 0.6 is 0 Å². The summed E-state index contributed by atoms with van der Waals surface area (Å²) in [5, 5.41) is 0. The van der Waals surface area contributed by atoms with Gasteiger partial charge in [-0.05, 0) is 56.2 Å². The first-order valence-corrected chi connectivity index (χ1v) is 10.8. The van der Waals surface area contributed by atoms with E-state index in [1.54, 1.807) is 60.5 Å². The molecule has 1 atom stereocenters. The molecular weight excluding hydrogens is 378 g/mol. The molecule has 0 fully saturated rings. The highest BCUT2D eigenvalue weighted by molar-refractivity contribution is 7.87. The predicted octanol–water partition coefficient (Wildman–Crippen LogP) is 3.86. The molecule has 0 saturated heterocycles. The monoisotopic (exact) mass is 405 g/mol. The van der Waals surface area contributed by atoms with Crippen LogP contribution in [0.5, 0.6) is 11.5 Å². The van der Waals surface area contributed by atoms with E-state index in [1.807, 2.05) is 13.8 Å². The normalized spacial score (nSPS) is 12.3. The largest absolute Gasteiger partial charge is 0.497 e. The van der Waals surface area contributed by atoms with E-state index in [0.717, 1.165) is 12.0 Å². The molecule has 1 unspecified atom stereocenters. The van der Waals surface area contributed by atoms with E-state index in [9.17, 15) is 13.2 Å². The van der Waals surface area contributed by atoms with Gasteiger partial charge in [0.2, 0.25) is 0 Å². The van der Waals surface area contributed by atoms with Crippen molar-refractivity contribution in [2.24, 2.45) is 0 Å². The Hall–Kier alpha value is -2.54. The zero-order valence-electron chi connectivity index (χ0n) is 16.7. The van der Waals surface area contributed by atoms with Crippen molar-refractivity contribution in [2.75, 3.05) is 12.9 Å².